The molecule has 70 valence electrons. The van der Waals surface area contributed by atoms with E-state index >= 15 is 0 Å². The number of halogens is 2. The molecule has 0 saturated heterocycles. The van der Waals surface area contributed by atoms with E-state index in [9.17, 15) is 9.18 Å². The lowest BCUT2D eigenvalue weighted by Gasteiger charge is -2.04. The van der Waals surface area contributed by atoms with Gasteiger partial charge in [0.2, 0.25) is 0 Å². The van der Waals surface area contributed by atoms with Crippen LogP contribution in [-0.4, -0.2) is 5.78 Å². The van der Waals surface area contributed by atoms with E-state index in [-0.39, 0.29) is 16.6 Å². The average Bonchev–Trinajstić information content (AvgIpc) is 2.13. The molecule has 0 fully saturated rings. The van der Waals surface area contributed by atoms with Gasteiger partial charge in [0, 0.05) is 17.5 Å². The van der Waals surface area contributed by atoms with Crippen LogP contribution in [0.25, 0.3) is 0 Å². The number of benzene rings is 1. The summed E-state index contributed by atoms with van der Waals surface area (Å²) in [6.45, 7) is 3.31. The molecule has 0 N–H and O–H groups in total. The largest absolute Gasteiger partial charge is 0.294 e. The monoisotopic (exact) mass is 200 g/mol. The summed E-state index contributed by atoms with van der Waals surface area (Å²) in [5.41, 5.74) is 0.740. The van der Waals surface area contributed by atoms with Crippen LogP contribution in [0.2, 0.25) is 5.02 Å². The molecule has 0 radical (unpaired) electrons. The van der Waals surface area contributed by atoms with Gasteiger partial charge in [-0.1, -0.05) is 18.5 Å². The van der Waals surface area contributed by atoms with E-state index in [2.05, 4.69) is 0 Å². The SMILES string of the molecule is CCC(=O)c1ccc(F)c(C)c1Cl. The maximum atomic E-state index is 12.9. The van der Waals surface area contributed by atoms with Crippen molar-refractivity contribution in [1.29, 1.82) is 0 Å². The van der Waals surface area contributed by atoms with Crippen molar-refractivity contribution >= 4 is 17.4 Å². The number of hydrogen-bond acceptors (Lipinski definition) is 1. The van der Waals surface area contributed by atoms with E-state index in [0.29, 0.717) is 17.5 Å². The normalized spacial score (nSPS) is 10.2. The predicted octanol–water partition coefficient (Wildman–Crippen LogP) is 3.38. The molecule has 0 aromatic heterocycles. The molecule has 1 aromatic carbocycles. The Morgan fingerprint density at radius 3 is 2.69 bits per heavy atom. The highest BCUT2D eigenvalue weighted by Crippen LogP contribution is 2.23. The first kappa shape index (κ1) is 10.2. The Morgan fingerprint density at radius 1 is 1.54 bits per heavy atom. The summed E-state index contributed by atoms with van der Waals surface area (Å²) in [4.78, 5) is 11.3. The third-order valence-corrected chi connectivity index (χ3v) is 2.43. The van der Waals surface area contributed by atoms with Gasteiger partial charge in [-0.25, -0.2) is 4.39 Å². The summed E-state index contributed by atoms with van der Waals surface area (Å²) in [5.74, 6) is -0.439. The van der Waals surface area contributed by atoms with Crippen LogP contribution in [-0.2, 0) is 0 Å². The van der Waals surface area contributed by atoms with Crippen LogP contribution in [0.3, 0.4) is 0 Å². The molecule has 1 rings (SSSR count). The van der Waals surface area contributed by atoms with Crippen molar-refractivity contribution in [3.63, 3.8) is 0 Å². The molecule has 1 aromatic rings. The van der Waals surface area contributed by atoms with Crippen LogP contribution < -0.4 is 0 Å². The van der Waals surface area contributed by atoms with Crippen molar-refractivity contribution in [1.82, 2.24) is 0 Å². The zero-order valence-corrected chi connectivity index (χ0v) is 8.28. The zero-order chi connectivity index (χ0) is 10.0. The Bertz CT molecular complexity index is 347. The maximum Gasteiger partial charge on any atom is 0.164 e. The van der Waals surface area contributed by atoms with Crippen LogP contribution in [0.4, 0.5) is 4.39 Å². The molecule has 0 spiro atoms. The molecule has 3 heteroatoms. The van der Waals surface area contributed by atoms with E-state index in [4.69, 9.17) is 11.6 Å². The Labute approximate surface area is 81.5 Å². The molecule has 0 unspecified atom stereocenters. The van der Waals surface area contributed by atoms with Crippen molar-refractivity contribution in [3.05, 3.63) is 34.1 Å². The summed E-state index contributed by atoms with van der Waals surface area (Å²) < 4.78 is 12.9. The molecule has 1 nitrogen and oxygen atoms in total. The van der Waals surface area contributed by atoms with Crippen LogP contribution >= 0.6 is 11.6 Å². The van der Waals surface area contributed by atoms with Crippen molar-refractivity contribution in [2.24, 2.45) is 0 Å². The first-order valence-corrected chi connectivity index (χ1v) is 4.43. The zero-order valence-electron chi connectivity index (χ0n) is 7.53. The summed E-state index contributed by atoms with van der Waals surface area (Å²) in [6.07, 6.45) is 0.380. The standard InChI is InChI=1S/C10H10ClFO/c1-3-9(13)7-4-5-8(12)6(2)10(7)11/h4-5H,3H2,1-2H3. The minimum absolute atomic E-state index is 0.0619. The summed E-state index contributed by atoms with van der Waals surface area (Å²) in [5, 5.41) is 0.229. The lowest BCUT2D eigenvalue weighted by Crippen LogP contribution is -2.00. The average molecular weight is 201 g/mol. The quantitative estimate of drug-likeness (QED) is 0.669. The van der Waals surface area contributed by atoms with Gasteiger partial charge in [0.05, 0.1) is 5.02 Å². The van der Waals surface area contributed by atoms with E-state index < -0.39 is 0 Å². The highest BCUT2D eigenvalue weighted by atomic mass is 35.5. The Kier molecular flexibility index (Phi) is 3.04. The lowest BCUT2D eigenvalue weighted by atomic mass is 10.1. The van der Waals surface area contributed by atoms with Gasteiger partial charge in [-0.3, -0.25) is 4.79 Å². The summed E-state index contributed by atoms with van der Waals surface area (Å²) in [7, 11) is 0. The molecule has 0 aliphatic heterocycles. The molecule has 0 atom stereocenters. The Balaban J connectivity index is 3.26. The smallest absolute Gasteiger partial charge is 0.164 e. The highest BCUT2D eigenvalue weighted by molar-refractivity contribution is 6.34. The third kappa shape index (κ3) is 1.89. The van der Waals surface area contributed by atoms with Gasteiger partial charge in [-0.15, -0.1) is 0 Å². The number of rotatable bonds is 2. The van der Waals surface area contributed by atoms with Crippen LogP contribution in [0.5, 0.6) is 0 Å². The van der Waals surface area contributed by atoms with Crippen LogP contribution in [0, 0.1) is 12.7 Å². The van der Waals surface area contributed by atoms with Crippen LogP contribution in [0.15, 0.2) is 12.1 Å². The van der Waals surface area contributed by atoms with E-state index in [1.807, 2.05) is 0 Å². The molecule has 0 aliphatic carbocycles. The molecule has 13 heavy (non-hydrogen) atoms. The van der Waals surface area contributed by atoms with E-state index in [1.165, 1.54) is 12.1 Å². The van der Waals surface area contributed by atoms with Crippen LogP contribution in [0.1, 0.15) is 29.3 Å². The first-order valence-electron chi connectivity index (χ1n) is 4.05. The van der Waals surface area contributed by atoms with Gasteiger partial charge in [0.15, 0.2) is 5.78 Å². The molecule has 0 heterocycles. The number of ketones is 1. The van der Waals surface area contributed by atoms with Crippen molar-refractivity contribution in [3.8, 4) is 0 Å². The van der Waals surface area contributed by atoms with E-state index in [1.54, 1.807) is 13.8 Å². The number of hydrogen-bond donors (Lipinski definition) is 0. The molecular weight excluding hydrogens is 191 g/mol. The third-order valence-electron chi connectivity index (χ3n) is 1.94. The minimum Gasteiger partial charge on any atom is -0.294 e. The van der Waals surface area contributed by atoms with Gasteiger partial charge in [-0.05, 0) is 19.1 Å². The van der Waals surface area contributed by atoms with Gasteiger partial charge in [-0.2, -0.15) is 0 Å². The maximum absolute atomic E-state index is 12.9. The fourth-order valence-electron chi connectivity index (χ4n) is 1.07. The van der Waals surface area contributed by atoms with Gasteiger partial charge in [0.25, 0.3) is 0 Å². The number of carbonyl (C=O) groups is 1. The Hall–Kier alpha value is -0.890. The Morgan fingerprint density at radius 2 is 2.15 bits per heavy atom. The molecule has 0 bridgehead atoms. The molecule has 0 saturated carbocycles. The fraction of sp³-hybridized carbons (Fsp3) is 0.300. The predicted molar refractivity (Wildman–Crippen MR) is 50.8 cm³/mol. The highest BCUT2D eigenvalue weighted by Gasteiger charge is 2.12. The molecule has 0 amide bonds. The van der Waals surface area contributed by atoms with Crippen molar-refractivity contribution in [2.75, 3.05) is 0 Å². The van der Waals surface area contributed by atoms with Gasteiger partial charge < -0.3 is 0 Å². The second kappa shape index (κ2) is 3.88. The number of Topliss-reactive ketones (excluding diaryl/α,β-unsaturated/α-hetero) is 1. The van der Waals surface area contributed by atoms with Gasteiger partial charge >= 0.3 is 0 Å². The summed E-state index contributed by atoms with van der Waals surface area (Å²) >= 11 is 5.81. The van der Waals surface area contributed by atoms with Gasteiger partial charge in [0.1, 0.15) is 5.82 Å². The molecular formula is C10H10ClFO. The topological polar surface area (TPSA) is 17.1 Å². The van der Waals surface area contributed by atoms with Crippen molar-refractivity contribution < 1.29 is 9.18 Å². The molecule has 0 aliphatic rings. The second-order valence-electron chi connectivity index (χ2n) is 2.81. The lowest BCUT2D eigenvalue weighted by molar-refractivity contribution is 0.0988. The second-order valence-corrected chi connectivity index (χ2v) is 3.19. The first-order chi connectivity index (χ1) is 6.07. The minimum atomic E-state index is -0.377. The van der Waals surface area contributed by atoms with Crippen molar-refractivity contribution in [2.45, 2.75) is 20.3 Å². The summed E-state index contributed by atoms with van der Waals surface area (Å²) in [6, 6.07) is 2.70. The fourth-order valence-corrected chi connectivity index (χ4v) is 1.33. The number of carbonyl (C=O) groups excluding carboxylic acids is 1. The van der Waals surface area contributed by atoms with E-state index in [0.717, 1.165) is 0 Å².